The number of rotatable bonds is 5. The molecule has 1 fully saturated rings. The fourth-order valence-electron chi connectivity index (χ4n) is 2.54. The molecule has 2 aromatic rings. The molecule has 20 heavy (non-hydrogen) atoms. The van der Waals surface area contributed by atoms with Gasteiger partial charge in [0.05, 0.1) is 5.92 Å². The molecule has 1 saturated carbocycles. The molecule has 0 aromatic heterocycles. The second kappa shape index (κ2) is 5.41. The lowest BCUT2D eigenvalue weighted by Crippen LogP contribution is -2.26. The molecular formula is C18H16O2. The van der Waals surface area contributed by atoms with Crippen molar-refractivity contribution < 1.29 is 9.59 Å². The highest BCUT2D eigenvalue weighted by molar-refractivity contribution is 6.16. The zero-order valence-corrected chi connectivity index (χ0v) is 11.2. The van der Waals surface area contributed by atoms with Crippen LogP contribution in [0.2, 0.25) is 0 Å². The van der Waals surface area contributed by atoms with Crippen molar-refractivity contribution in [3.63, 3.8) is 0 Å². The first kappa shape index (κ1) is 12.8. The average molecular weight is 264 g/mol. The molecule has 0 heterocycles. The average Bonchev–Trinajstić information content (AvgIpc) is 3.34. The maximum Gasteiger partial charge on any atom is 0.173 e. The summed E-state index contributed by atoms with van der Waals surface area (Å²) in [7, 11) is 0. The van der Waals surface area contributed by atoms with Crippen molar-refractivity contribution in [2.45, 2.75) is 12.8 Å². The summed E-state index contributed by atoms with van der Waals surface area (Å²) in [6, 6.07) is 18.3. The van der Waals surface area contributed by atoms with Gasteiger partial charge in [0.15, 0.2) is 11.6 Å². The van der Waals surface area contributed by atoms with E-state index in [4.69, 9.17) is 0 Å². The highest BCUT2D eigenvalue weighted by Gasteiger charge is 2.41. The van der Waals surface area contributed by atoms with E-state index < -0.39 is 5.92 Å². The third kappa shape index (κ3) is 2.55. The van der Waals surface area contributed by atoms with Gasteiger partial charge in [-0.1, -0.05) is 60.7 Å². The van der Waals surface area contributed by atoms with Crippen LogP contribution in [0.3, 0.4) is 0 Å². The summed E-state index contributed by atoms with van der Waals surface area (Å²) in [5, 5.41) is 0. The minimum Gasteiger partial charge on any atom is -0.293 e. The van der Waals surface area contributed by atoms with Gasteiger partial charge >= 0.3 is 0 Å². The largest absolute Gasteiger partial charge is 0.293 e. The fraction of sp³-hybridized carbons (Fsp3) is 0.222. The second-order valence-corrected chi connectivity index (χ2v) is 5.28. The highest BCUT2D eigenvalue weighted by Crippen LogP contribution is 2.40. The Kier molecular flexibility index (Phi) is 3.46. The maximum absolute atomic E-state index is 12.6. The van der Waals surface area contributed by atoms with E-state index >= 15 is 0 Å². The van der Waals surface area contributed by atoms with E-state index in [0.717, 1.165) is 12.8 Å². The molecule has 0 radical (unpaired) electrons. The molecule has 0 aliphatic heterocycles. The predicted octanol–water partition coefficient (Wildman–Crippen LogP) is 3.78. The van der Waals surface area contributed by atoms with Gasteiger partial charge in [0, 0.05) is 11.1 Å². The Morgan fingerprint density at radius 2 is 1.15 bits per heavy atom. The van der Waals surface area contributed by atoms with Crippen molar-refractivity contribution in [1.29, 1.82) is 0 Å². The highest BCUT2D eigenvalue weighted by atomic mass is 16.2. The van der Waals surface area contributed by atoms with Gasteiger partial charge in [-0.2, -0.15) is 0 Å². The van der Waals surface area contributed by atoms with Gasteiger partial charge < -0.3 is 0 Å². The van der Waals surface area contributed by atoms with Crippen LogP contribution in [0.1, 0.15) is 33.6 Å². The van der Waals surface area contributed by atoms with Crippen molar-refractivity contribution in [3.05, 3.63) is 71.8 Å². The van der Waals surface area contributed by atoms with Crippen molar-refractivity contribution in [1.82, 2.24) is 0 Å². The molecular weight excluding hydrogens is 248 g/mol. The van der Waals surface area contributed by atoms with Crippen LogP contribution in [0.4, 0.5) is 0 Å². The Morgan fingerprint density at radius 1 is 0.750 bits per heavy atom. The molecule has 0 atom stereocenters. The molecule has 2 nitrogen and oxygen atoms in total. The van der Waals surface area contributed by atoms with Crippen LogP contribution in [0.15, 0.2) is 60.7 Å². The van der Waals surface area contributed by atoms with Gasteiger partial charge in [-0.15, -0.1) is 0 Å². The summed E-state index contributed by atoms with van der Waals surface area (Å²) >= 11 is 0. The molecule has 0 amide bonds. The molecule has 0 unspecified atom stereocenters. The summed E-state index contributed by atoms with van der Waals surface area (Å²) in [6.45, 7) is 0. The lowest BCUT2D eigenvalue weighted by atomic mass is 9.86. The van der Waals surface area contributed by atoms with Gasteiger partial charge in [0.1, 0.15) is 0 Å². The van der Waals surface area contributed by atoms with Crippen LogP contribution >= 0.6 is 0 Å². The summed E-state index contributed by atoms with van der Waals surface area (Å²) in [4.78, 5) is 25.2. The number of benzene rings is 2. The van der Waals surface area contributed by atoms with Crippen molar-refractivity contribution in [3.8, 4) is 0 Å². The monoisotopic (exact) mass is 264 g/mol. The summed E-state index contributed by atoms with van der Waals surface area (Å²) in [5.41, 5.74) is 1.27. The van der Waals surface area contributed by atoms with Crippen molar-refractivity contribution in [2.75, 3.05) is 0 Å². The van der Waals surface area contributed by atoms with E-state index in [1.54, 1.807) is 24.3 Å². The topological polar surface area (TPSA) is 34.1 Å². The van der Waals surface area contributed by atoms with Gasteiger partial charge in [0.2, 0.25) is 0 Å². The molecule has 1 aliphatic rings. The fourth-order valence-corrected chi connectivity index (χ4v) is 2.54. The Labute approximate surface area is 118 Å². The van der Waals surface area contributed by atoms with E-state index in [-0.39, 0.29) is 17.5 Å². The minimum absolute atomic E-state index is 0.0399. The van der Waals surface area contributed by atoms with Gasteiger partial charge in [-0.25, -0.2) is 0 Å². The lowest BCUT2D eigenvalue weighted by Gasteiger charge is -2.14. The summed E-state index contributed by atoms with van der Waals surface area (Å²) < 4.78 is 0. The summed E-state index contributed by atoms with van der Waals surface area (Å²) in [5.74, 6) is -0.376. The quantitative estimate of drug-likeness (QED) is 0.608. The first-order chi connectivity index (χ1) is 9.77. The number of carbonyl (C=O) groups excluding carboxylic acids is 2. The van der Waals surface area contributed by atoms with Gasteiger partial charge in [0.25, 0.3) is 0 Å². The van der Waals surface area contributed by atoms with E-state index in [0.29, 0.717) is 11.1 Å². The molecule has 1 aliphatic carbocycles. The maximum atomic E-state index is 12.6. The number of carbonyl (C=O) groups is 2. The first-order valence-electron chi connectivity index (χ1n) is 6.96. The van der Waals surface area contributed by atoms with Crippen LogP contribution in [-0.2, 0) is 0 Å². The van der Waals surface area contributed by atoms with Crippen LogP contribution in [0, 0.1) is 11.8 Å². The Hall–Kier alpha value is -2.22. The van der Waals surface area contributed by atoms with E-state index in [1.807, 2.05) is 36.4 Å². The molecule has 2 heteroatoms. The molecule has 0 bridgehead atoms. The smallest absolute Gasteiger partial charge is 0.173 e. The first-order valence-corrected chi connectivity index (χ1v) is 6.96. The van der Waals surface area contributed by atoms with E-state index in [1.165, 1.54) is 0 Å². The molecule has 2 aromatic carbocycles. The Balaban J connectivity index is 1.90. The molecule has 0 saturated heterocycles. The zero-order chi connectivity index (χ0) is 13.9. The predicted molar refractivity (Wildman–Crippen MR) is 77.8 cm³/mol. The van der Waals surface area contributed by atoms with Crippen LogP contribution < -0.4 is 0 Å². The Bertz CT molecular complexity index is 561. The van der Waals surface area contributed by atoms with E-state index in [9.17, 15) is 9.59 Å². The van der Waals surface area contributed by atoms with Gasteiger partial charge in [-0.05, 0) is 18.8 Å². The van der Waals surface area contributed by atoms with Crippen LogP contribution in [-0.4, -0.2) is 11.6 Å². The SMILES string of the molecule is O=C(c1ccccc1)C(C(=O)c1ccccc1)C1CC1. The number of hydrogen-bond acceptors (Lipinski definition) is 2. The number of ketones is 2. The van der Waals surface area contributed by atoms with Gasteiger partial charge in [-0.3, -0.25) is 9.59 Å². The Morgan fingerprint density at radius 3 is 1.50 bits per heavy atom. The molecule has 0 spiro atoms. The standard InChI is InChI=1S/C18H16O2/c19-17(14-7-3-1-4-8-14)16(13-11-12-13)18(20)15-9-5-2-6-10-15/h1-10,13,16H,11-12H2. The molecule has 3 rings (SSSR count). The molecule has 100 valence electrons. The van der Waals surface area contributed by atoms with Crippen molar-refractivity contribution in [2.24, 2.45) is 11.8 Å². The number of hydrogen-bond donors (Lipinski definition) is 0. The number of Topliss-reactive ketones (excluding diaryl/α,β-unsaturated/α-hetero) is 2. The third-order valence-corrected chi connectivity index (χ3v) is 3.77. The third-order valence-electron chi connectivity index (χ3n) is 3.77. The zero-order valence-electron chi connectivity index (χ0n) is 11.2. The summed E-state index contributed by atoms with van der Waals surface area (Å²) in [6.07, 6.45) is 1.95. The van der Waals surface area contributed by atoms with E-state index in [2.05, 4.69) is 0 Å². The normalized spacial score (nSPS) is 14.2. The lowest BCUT2D eigenvalue weighted by molar-refractivity contribution is 0.0788. The minimum atomic E-state index is -0.514. The van der Waals surface area contributed by atoms with Crippen molar-refractivity contribution >= 4 is 11.6 Å². The van der Waals surface area contributed by atoms with Crippen LogP contribution in [0.5, 0.6) is 0 Å². The second-order valence-electron chi connectivity index (χ2n) is 5.28. The molecule has 0 N–H and O–H groups in total. The van der Waals surface area contributed by atoms with Crippen LogP contribution in [0.25, 0.3) is 0 Å².